The molecule has 0 unspecified atom stereocenters. The summed E-state index contributed by atoms with van der Waals surface area (Å²) in [6.07, 6.45) is 3.56. The van der Waals surface area contributed by atoms with Crippen LogP contribution in [0.15, 0.2) is 41.7 Å². The molecule has 8 heteroatoms. The van der Waals surface area contributed by atoms with Gasteiger partial charge in [0, 0.05) is 50.7 Å². The highest BCUT2D eigenvalue weighted by atomic mass is 16.7. The van der Waals surface area contributed by atoms with Crippen molar-refractivity contribution in [2.45, 2.75) is 13.5 Å². The Hall–Kier alpha value is -3.03. The number of fused-ring (bicyclic) bond motifs is 1. The molecule has 1 aromatic heterocycles. The number of hydrogen-bond donors (Lipinski definition) is 1. The summed E-state index contributed by atoms with van der Waals surface area (Å²) in [7, 11) is 0. The lowest BCUT2D eigenvalue weighted by atomic mass is 10.2. The third-order valence-corrected chi connectivity index (χ3v) is 4.63. The van der Waals surface area contributed by atoms with Gasteiger partial charge in [-0.15, -0.1) is 0 Å². The number of benzene rings is 1. The number of aromatic nitrogens is 2. The van der Waals surface area contributed by atoms with Crippen LogP contribution >= 0.6 is 0 Å². The van der Waals surface area contributed by atoms with E-state index < -0.39 is 0 Å². The van der Waals surface area contributed by atoms with Crippen LogP contribution in [-0.4, -0.2) is 60.3 Å². The first-order chi connectivity index (χ1) is 13.3. The van der Waals surface area contributed by atoms with Crippen LogP contribution in [0.4, 0.5) is 5.95 Å². The number of nitrogens with one attached hydrogen (secondary N) is 1. The van der Waals surface area contributed by atoms with E-state index in [0.717, 1.165) is 61.7 Å². The Morgan fingerprint density at radius 2 is 1.93 bits per heavy atom. The summed E-state index contributed by atoms with van der Waals surface area (Å²) in [5, 5.41) is 3.40. The second-order valence-electron chi connectivity index (χ2n) is 6.34. The summed E-state index contributed by atoms with van der Waals surface area (Å²) >= 11 is 0. The molecule has 3 heterocycles. The summed E-state index contributed by atoms with van der Waals surface area (Å²) in [4.78, 5) is 18.0. The van der Waals surface area contributed by atoms with Crippen molar-refractivity contribution in [3.05, 3.63) is 42.2 Å². The number of piperazine rings is 1. The van der Waals surface area contributed by atoms with Crippen molar-refractivity contribution in [3.8, 4) is 11.5 Å². The molecule has 1 N–H and O–H groups in total. The van der Waals surface area contributed by atoms with Gasteiger partial charge in [-0.2, -0.15) is 0 Å². The van der Waals surface area contributed by atoms with E-state index in [-0.39, 0.29) is 6.79 Å². The van der Waals surface area contributed by atoms with Crippen molar-refractivity contribution < 1.29 is 9.47 Å². The van der Waals surface area contributed by atoms with E-state index in [1.165, 1.54) is 0 Å². The van der Waals surface area contributed by atoms with Gasteiger partial charge >= 0.3 is 0 Å². The normalized spacial score (nSPS) is 16.6. The third-order valence-electron chi connectivity index (χ3n) is 4.63. The van der Waals surface area contributed by atoms with Gasteiger partial charge in [0.05, 0.1) is 6.54 Å². The minimum Gasteiger partial charge on any atom is -0.454 e. The molecule has 142 valence electrons. The van der Waals surface area contributed by atoms with Crippen molar-refractivity contribution in [2.24, 2.45) is 4.99 Å². The van der Waals surface area contributed by atoms with Gasteiger partial charge in [0.25, 0.3) is 0 Å². The third kappa shape index (κ3) is 3.89. The van der Waals surface area contributed by atoms with E-state index in [2.05, 4.69) is 32.0 Å². The Morgan fingerprint density at radius 3 is 2.70 bits per heavy atom. The van der Waals surface area contributed by atoms with Gasteiger partial charge in [-0.05, 0) is 19.1 Å². The van der Waals surface area contributed by atoms with Crippen LogP contribution < -0.4 is 19.7 Å². The number of nitrogens with zero attached hydrogens (tertiary/aromatic N) is 5. The van der Waals surface area contributed by atoms with Gasteiger partial charge in [0.1, 0.15) is 0 Å². The molecule has 8 nitrogen and oxygen atoms in total. The molecule has 0 aliphatic carbocycles. The number of anilines is 1. The first-order valence-electron chi connectivity index (χ1n) is 9.28. The van der Waals surface area contributed by atoms with Crippen molar-refractivity contribution in [3.63, 3.8) is 0 Å². The average Bonchev–Trinajstić information content (AvgIpc) is 3.21. The predicted octanol–water partition coefficient (Wildman–Crippen LogP) is 1.49. The van der Waals surface area contributed by atoms with Gasteiger partial charge in [-0.25, -0.2) is 15.0 Å². The summed E-state index contributed by atoms with van der Waals surface area (Å²) in [5.74, 6) is 3.31. The lowest BCUT2D eigenvalue weighted by Crippen LogP contribution is -2.52. The van der Waals surface area contributed by atoms with E-state index in [0.29, 0.717) is 6.54 Å². The average molecular weight is 368 g/mol. The van der Waals surface area contributed by atoms with E-state index >= 15 is 0 Å². The molecule has 0 spiro atoms. The standard InChI is InChI=1S/C19H24N6O2/c1-2-20-18(23-13-15-5-3-6-16-17(15)27-14-26-16)24-9-11-25(12-10-24)19-21-7-4-8-22-19/h3-8H,2,9-14H2,1H3,(H,20,23). The zero-order valence-corrected chi connectivity index (χ0v) is 15.5. The lowest BCUT2D eigenvalue weighted by molar-refractivity contribution is 0.173. The monoisotopic (exact) mass is 368 g/mol. The van der Waals surface area contributed by atoms with Crippen molar-refractivity contribution in [2.75, 3.05) is 44.4 Å². The SMILES string of the molecule is CCNC(=NCc1cccc2c1OCO2)N1CCN(c2ncccn2)CC1. The molecule has 0 radical (unpaired) electrons. The summed E-state index contributed by atoms with van der Waals surface area (Å²) in [6.45, 7) is 7.22. The van der Waals surface area contributed by atoms with Gasteiger partial charge in [-0.1, -0.05) is 12.1 Å². The van der Waals surface area contributed by atoms with Crippen molar-refractivity contribution >= 4 is 11.9 Å². The summed E-state index contributed by atoms with van der Waals surface area (Å²) in [6, 6.07) is 7.77. The summed E-state index contributed by atoms with van der Waals surface area (Å²) in [5.41, 5.74) is 1.04. The fraction of sp³-hybridized carbons (Fsp3) is 0.421. The first kappa shape index (κ1) is 17.4. The molecule has 0 bridgehead atoms. The quantitative estimate of drug-likeness (QED) is 0.647. The molecule has 27 heavy (non-hydrogen) atoms. The van der Waals surface area contributed by atoms with E-state index in [1.54, 1.807) is 12.4 Å². The number of para-hydroxylation sites is 1. The largest absolute Gasteiger partial charge is 0.454 e. The highest BCUT2D eigenvalue weighted by Crippen LogP contribution is 2.35. The van der Waals surface area contributed by atoms with Gasteiger partial charge in [-0.3, -0.25) is 0 Å². The second kappa shape index (κ2) is 8.11. The Bertz CT molecular complexity index is 790. The molecule has 2 aromatic rings. The van der Waals surface area contributed by atoms with Crippen LogP contribution in [0, 0.1) is 0 Å². The van der Waals surface area contributed by atoms with E-state index in [4.69, 9.17) is 14.5 Å². The van der Waals surface area contributed by atoms with Gasteiger partial charge in [0.2, 0.25) is 12.7 Å². The Kier molecular flexibility index (Phi) is 5.22. The smallest absolute Gasteiger partial charge is 0.231 e. The molecule has 0 atom stereocenters. The van der Waals surface area contributed by atoms with Crippen molar-refractivity contribution in [1.82, 2.24) is 20.2 Å². The van der Waals surface area contributed by atoms with Crippen LogP contribution in [0.5, 0.6) is 11.5 Å². The highest BCUT2D eigenvalue weighted by Gasteiger charge is 2.22. The van der Waals surface area contributed by atoms with Crippen LogP contribution in [0.1, 0.15) is 12.5 Å². The van der Waals surface area contributed by atoms with Gasteiger partial charge in [0.15, 0.2) is 17.5 Å². The number of guanidine groups is 1. The van der Waals surface area contributed by atoms with Crippen LogP contribution in [0.25, 0.3) is 0 Å². The minimum atomic E-state index is 0.277. The molecule has 2 aliphatic rings. The number of ether oxygens (including phenoxy) is 2. The Morgan fingerprint density at radius 1 is 1.11 bits per heavy atom. The van der Waals surface area contributed by atoms with Crippen molar-refractivity contribution in [1.29, 1.82) is 0 Å². The van der Waals surface area contributed by atoms with E-state index in [1.807, 2.05) is 24.3 Å². The zero-order chi connectivity index (χ0) is 18.5. The Labute approximate surface area is 158 Å². The molecule has 1 fully saturated rings. The fourth-order valence-corrected chi connectivity index (χ4v) is 3.27. The molecule has 1 aromatic carbocycles. The Balaban J connectivity index is 1.42. The van der Waals surface area contributed by atoms with Gasteiger partial charge < -0.3 is 24.6 Å². The predicted molar refractivity (Wildman–Crippen MR) is 103 cm³/mol. The molecule has 0 saturated carbocycles. The molecule has 2 aliphatic heterocycles. The van der Waals surface area contributed by atoms with Crippen LogP contribution in [0.2, 0.25) is 0 Å². The maximum Gasteiger partial charge on any atom is 0.231 e. The topological polar surface area (TPSA) is 75.1 Å². The van der Waals surface area contributed by atoms with Crippen LogP contribution in [-0.2, 0) is 6.54 Å². The lowest BCUT2D eigenvalue weighted by Gasteiger charge is -2.36. The number of hydrogen-bond acceptors (Lipinski definition) is 6. The maximum atomic E-state index is 5.58. The molecule has 4 rings (SSSR count). The minimum absolute atomic E-state index is 0.277. The number of rotatable bonds is 4. The molecular formula is C19H24N6O2. The van der Waals surface area contributed by atoms with Crippen LogP contribution in [0.3, 0.4) is 0 Å². The second-order valence-corrected chi connectivity index (χ2v) is 6.34. The molecule has 0 amide bonds. The fourth-order valence-electron chi connectivity index (χ4n) is 3.27. The number of aliphatic imine (C=N–C) groups is 1. The maximum absolute atomic E-state index is 5.58. The zero-order valence-electron chi connectivity index (χ0n) is 15.5. The summed E-state index contributed by atoms with van der Waals surface area (Å²) < 4.78 is 11.0. The first-order valence-corrected chi connectivity index (χ1v) is 9.28. The highest BCUT2D eigenvalue weighted by molar-refractivity contribution is 5.80. The van der Waals surface area contributed by atoms with E-state index in [9.17, 15) is 0 Å². The molecular weight excluding hydrogens is 344 g/mol. The molecule has 1 saturated heterocycles.